The average molecular weight is 365 g/mol. The number of rotatable bonds is 13. The van der Waals surface area contributed by atoms with E-state index in [2.05, 4.69) is 6.92 Å². The van der Waals surface area contributed by atoms with E-state index in [-0.39, 0.29) is 41.1 Å². The first-order valence-corrected chi connectivity index (χ1v) is 10.4. The van der Waals surface area contributed by atoms with Gasteiger partial charge in [0.25, 0.3) is 10.1 Å². The van der Waals surface area contributed by atoms with Crippen LogP contribution in [-0.2, 0) is 14.3 Å². The Bertz CT molecular complexity index is 529. The van der Waals surface area contributed by atoms with Gasteiger partial charge >= 0.3 is 29.6 Å². The molecule has 0 radical (unpaired) electrons. The van der Waals surface area contributed by atoms with E-state index in [9.17, 15) is 8.42 Å². The fraction of sp³-hybridized carbons (Fsp3) is 0.684. The molecule has 3 nitrogen and oxygen atoms in total. The van der Waals surface area contributed by atoms with Crippen molar-refractivity contribution >= 4 is 39.7 Å². The SMILES string of the molecule is CCCCCCCCCCCCOS(=O)(=O)c1ccccc1C.[NaH]. The van der Waals surface area contributed by atoms with Crippen LogP contribution in [0.1, 0.15) is 76.7 Å². The Morgan fingerprint density at radius 1 is 0.833 bits per heavy atom. The molecule has 0 saturated carbocycles. The van der Waals surface area contributed by atoms with Gasteiger partial charge in [0, 0.05) is 0 Å². The van der Waals surface area contributed by atoms with Crippen molar-refractivity contribution in [2.24, 2.45) is 0 Å². The van der Waals surface area contributed by atoms with Crippen molar-refractivity contribution in [2.75, 3.05) is 6.61 Å². The van der Waals surface area contributed by atoms with E-state index >= 15 is 0 Å². The van der Waals surface area contributed by atoms with Gasteiger partial charge in [0.15, 0.2) is 0 Å². The maximum absolute atomic E-state index is 12.1. The second-order valence-electron chi connectivity index (χ2n) is 6.22. The Morgan fingerprint density at radius 2 is 1.33 bits per heavy atom. The van der Waals surface area contributed by atoms with Gasteiger partial charge in [-0.05, 0) is 25.0 Å². The van der Waals surface area contributed by atoms with Crippen molar-refractivity contribution in [3.63, 3.8) is 0 Å². The Kier molecular flexibility index (Phi) is 14.4. The minimum absolute atomic E-state index is 0. The zero-order chi connectivity index (χ0) is 17.0. The summed E-state index contributed by atoms with van der Waals surface area (Å²) in [5.74, 6) is 0. The van der Waals surface area contributed by atoms with E-state index in [1.54, 1.807) is 25.1 Å². The summed E-state index contributed by atoms with van der Waals surface area (Å²) in [7, 11) is -3.60. The molecule has 0 aliphatic heterocycles. The van der Waals surface area contributed by atoms with Crippen molar-refractivity contribution in [1.29, 1.82) is 0 Å². The van der Waals surface area contributed by atoms with Crippen LogP contribution in [-0.4, -0.2) is 44.6 Å². The van der Waals surface area contributed by atoms with Gasteiger partial charge < -0.3 is 0 Å². The summed E-state index contributed by atoms with van der Waals surface area (Å²) in [6.45, 7) is 4.31. The first kappa shape index (κ1) is 24.1. The normalized spacial score (nSPS) is 11.2. The van der Waals surface area contributed by atoms with Crippen molar-refractivity contribution < 1.29 is 12.6 Å². The zero-order valence-electron chi connectivity index (χ0n) is 14.7. The van der Waals surface area contributed by atoms with Gasteiger partial charge in [0.05, 0.1) is 11.5 Å². The van der Waals surface area contributed by atoms with E-state index in [0.717, 1.165) is 18.4 Å². The fourth-order valence-electron chi connectivity index (χ4n) is 2.66. The van der Waals surface area contributed by atoms with Crippen LogP contribution >= 0.6 is 0 Å². The average Bonchev–Trinajstić information content (AvgIpc) is 2.53. The monoisotopic (exact) mass is 364 g/mol. The summed E-state index contributed by atoms with van der Waals surface area (Å²) in [5, 5.41) is 0. The third kappa shape index (κ3) is 10.2. The molecule has 0 N–H and O–H groups in total. The molecule has 1 rings (SSSR count). The van der Waals surface area contributed by atoms with Gasteiger partial charge in [0.2, 0.25) is 0 Å². The molecule has 0 spiro atoms. The van der Waals surface area contributed by atoms with Crippen LogP contribution in [0.5, 0.6) is 0 Å². The minimum atomic E-state index is -3.60. The summed E-state index contributed by atoms with van der Waals surface area (Å²) in [6.07, 6.45) is 12.3. The Labute approximate surface area is 171 Å². The van der Waals surface area contributed by atoms with Gasteiger partial charge in [-0.2, -0.15) is 8.42 Å². The van der Waals surface area contributed by atoms with Gasteiger partial charge in [-0.25, -0.2) is 0 Å². The second kappa shape index (κ2) is 14.3. The van der Waals surface area contributed by atoms with Crippen LogP contribution in [0.3, 0.4) is 0 Å². The molecule has 0 aliphatic rings. The van der Waals surface area contributed by atoms with Crippen molar-refractivity contribution in [3.8, 4) is 0 Å². The molecule has 0 saturated heterocycles. The zero-order valence-corrected chi connectivity index (χ0v) is 15.5. The van der Waals surface area contributed by atoms with Gasteiger partial charge in [0.1, 0.15) is 0 Å². The third-order valence-electron chi connectivity index (χ3n) is 4.10. The van der Waals surface area contributed by atoms with Gasteiger partial charge in [-0.1, -0.05) is 82.9 Å². The van der Waals surface area contributed by atoms with E-state index < -0.39 is 10.1 Å². The predicted octanol–water partition coefficient (Wildman–Crippen LogP) is 4.97. The molecule has 0 unspecified atom stereocenters. The molecule has 5 heteroatoms. The second-order valence-corrected chi connectivity index (χ2v) is 7.81. The van der Waals surface area contributed by atoms with Crippen LogP contribution in [0.25, 0.3) is 0 Å². The molecule has 1 aromatic rings. The number of unbranched alkanes of at least 4 members (excludes halogenated alkanes) is 9. The molecule has 0 aromatic heterocycles. The van der Waals surface area contributed by atoms with Gasteiger partial charge in [-0.15, -0.1) is 0 Å². The summed E-state index contributed by atoms with van der Waals surface area (Å²) < 4.78 is 29.3. The van der Waals surface area contributed by atoms with E-state index in [0.29, 0.717) is 0 Å². The van der Waals surface area contributed by atoms with Gasteiger partial charge in [-0.3, -0.25) is 4.18 Å². The fourth-order valence-corrected chi connectivity index (χ4v) is 3.83. The molecule has 0 atom stereocenters. The number of benzene rings is 1. The topological polar surface area (TPSA) is 43.4 Å². The van der Waals surface area contributed by atoms with E-state index in [1.807, 2.05) is 6.07 Å². The number of hydrogen-bond acceptors (Lipinski definition) is 3. The van der Waals surface area contributed by atoms with Crippen molar-refractivity contribution in [1.82, 2.24) is 0 Å². The Hall–Kier alpha value is 0.130. The van der Waals surface area contributed by atoms with Crippen LogP contribution in [0, 0.1) is 6.92 Å². The predicted molar refractivity (Wildman–Crippen MR) is 103 cm³/mol. The summed E-state index contributed by atoms with van der Waals surface area (Å²) >= 11 is 0. The van der Waals surface area contributed by atoms with Crippen molar-refractivity contribution in [2.45, 2.75) is 83.0 Å². The third-order valence-corrected chi connectivity index (χ3v) is 5.57. The summed E-state index contributed by atoms with van der Waals surface area (Å²) in [4.78, 5) is 0.284. The van der Waals surface area contributed by atoms with E-state index in [4.69, 9.17) is 4.18 Å². The summed E-state index contributed by atoms with van der Waals surface area (Å²) in [6, 6.07) is 6.94. The summed E-state index contributed by atoms with van der Waals surface area (Å²) in [5.41, 5.74) is 0.732. The first-order valence-electron chi connectivity index (χ1n) is 9.03. The van der Waals surface area contributed by atoms with Crippen LogP contribution in [0.4, 0.5) is 0 Å². The maximum atomic E-state index is 12.1. The van der Waals surface area contributed by atoms with Crippen LogP contribution in [0.15, 0.2) is 29.2 Å². The molecule has 0 heterocycles. The molecule has 0 bridgehead atoms. The molecular formula is C19H33NaO3S. The Morgan fingerprint density at radius 3 is 1.88 bits per heavy atom. The van der Waals surface area contributed by atoms with Crippen LogP contribution < -0.4 is 0 Å². The van der Waals surface area contributed by atoms with E-state index in [1.165, 1.54) is 51.4 Å². The first-order chi connectivity index (χ1) is 11.1. The molecular weight excluding hydrogens is 331 g/mol. The molecule has 0 aliphatic carbocycles. The molecule has 0 fully saturated rings. The molecule has 134 valence electrons. The quantitative estimate of drug-likeness (QED) is 0.282. The molecule has 1 aromatic carbocycles. The van der Waals surface area contributed by atoms with Crippen LogP contribution in [0.2, 0.25) is 0 Å². The molecule has 24 heavy (non-hydrogen) atoms. The number of aryl methyl sites for hydroxylation is 1. The Balaban J connectivity index is 0.00000529. The molecule has 0 amide bonds. The number of hydrogen-bond donors (Lipinski definition) is 0. The standard InChI is InChI=1S/C19H32O3S.Na.H/c1-3-4-5-6-7-8-9-10-11-14-17-22-23(20,21)19-16-13-12-15-18(19)2;;/h12-13,15-16H,3-11,14,17H2,1-2H3;;. The van der Waals surface area contributed by atoms with Crippen molar-refractivity contribution in [3.05, 3.63) is 29.8 Å².